The average molecular weight is 349 g/mol. The summed E-state index contributed by atoms with van der Waals surface area (Å²) in [6, 6.07) is 7.27. The summed E-state index contributed by atoms with van der Waals surface area (Å²) < 4.78 is 14.3. The van der Waals surface area contributed by atoms with Gasteiger partial charge in [-0.1, -0.05) is 11.8 Å². The zero-order valence-corrected chi connectivity index (χ0v) is 13.7. The molecule has 8 heteroatoms. The summed E-state index contributed by atoms with van der Waals surface area (Å²) in [4.78, 5) is 29.2. The maximum atomic E-state index is 12.8. The minimum atomic E-state index is -0.360. The lowest BCUT2D eigenvalue weighted by Gasteiger charge is -2.07. The van der Waals surface area contributed by atoms with Gasteiger partial charge in [0.1, 0.15) is 10.6 Å². The second-order valence-corrected chi connectivity index (χ2v) is 6.58. The zero-order valence-electron chi connectivity index (χ0n) is 12.1. The molecule has 2 aromatic heterocycles. The number of carbonyl (C=O) groups is 1. The van der Waals surface area contributed by atoms with Crippen LogP contribution in [-0.4, -0.2) is 21.2 Å². The van der Waals surface area contributed by atoms with Gasteiger partial charge in [0.25, 0.3) is 5.56 Å². The molecule has 0 radical (unpaired) electrons. The van der Waals surface area contributed by atoms with Crippen LogP contribution in [0.15, 0.2) is 45.7 Å². The molecule has 0 spiro atoms. The molecule has 0 bridgehead atoms. The molecule has 1 amide bonds. The molecule has 23 heavy (non-hydrogen) atoms. The van der Waals surface area contributed by atoms with Crippen LogP contribution in [0.3, 0.4) is 0 Å². The lowest BCUT2D eigenvalue weighted by Crippen LogP contribution is -2.20. The van der Waals surface area contributed by atoms with E-state index in [0.717, 1.165) is 0 Å². The van der Waals surface area contributed by atoms with Crippen molar-refractivity contribution in [1.29, 1.82) is 0 Å². The number of benzene rings is 1. The van der Waals surface area contributed by atoms with E-state index in [1.807, 2.05) is 5.38 Å². The number of rotatable bonds is 4. The summed E-state index contributed by atoms with van der Waals surface area (Å²) >= 11 is 2.57. The predicted octanol–water partition coefficient (Wildman–Crippen LogP) is 2.86. The van der Waals surface area contributed by atoms with E-state index < -0.39 is 0 Å². The van der Waals surface area contributed by atoms with Crippen LogP contribution in [0.5, 0.6) is 0 Å². The van der Waals surface area contributed by atoms with Crippen molar-refractivity contribution < 1.29 is 9.18 Å². The van der Waals surface area contributed by atoms with Gasteiger partial charge in [0.2, 0.25) is 5.91 Å². The van der Waals surface area contributed by atoms with Gasteiger partial charge >= 0.3 is 0 Å². The third-order valence-corrected chi connectivity index (χ3v) is 4.96. The molecule has 2 heterocycles. The highest BCUT2D eigenvalue weighted by molar-refractivity contribution is 7.99. The molecule has 1 N–H and O–H groups in total. The number of amides is 1. The second-order valence-electron chi connectivity index (χ2n) is 4.74. The van der Waals surface area contributed by atoms with Crippen LogP contribution in [0.4, 0.5) is 10.1 Å². The number of thiophene rings is 1. The van der Waals surface area contributed by atoms with Gasteiger partial charge in [-0.3, -0.25) is 14.2 Å². The first-order valence-corrected chi connectivity index (χ1v) is 8.53. The highest BCUT2D eigenvalue weighted by atomic mass is 32.2. The summed E-state index contributed by atoms with van der Waals surface area (Å²) in [5.41, 5.74) is 0.394. The van der Waals surface area contributed by atoms with E-state index in [4.69, 9.17) is 0 Å². The Hall–Kier alpha value is -2.19. The third kappa shape index (κ3) is 3.43. The molecule has 0 atom stereocenters. The van der Waals surface area contributed by atoms with Gasteiger partial charge in [-0.25, -0.2) is 9.37 Å². The molecule has 0 unspecified atom stereocenters. The van der Waals surface area contributed by atoms with Crippen molar-refractivity contribution in [3.05, 3.63) is 51.9 Å². The smallest absolute Gasteiger partial charge is 0.262 e. The van der Waals surface area contributed by atoms with Crippen LogP contribution in [0.25, 0.3) is 10.2 Å². The molecule has 0 aliphatic carbocycles. The van der Waals surface area contributed by atoms with Crippen LogP contribution >= 0.6 is 23.1 Å². The Labute approximate surface area is 139 Å². The summed E-state index contributed by atoms with van der Waals surface area (Å²) in [6.07, 6.45) is 0. The molecule has 1 aromatic carbocycles. The van der Waals surface area contributed by atoms with Crippen LogP contribution in [0.2, 0.25) is 0 Å². The molecule has 3 aromatic rings. The van der Waals surface area contributed by atoms with Crippen molar-refractivity contribution in [3.63, 3.8) is 0 Å². The Morgan fingerprint density at radius 1 is 1.35 bits per heavy atom. The molecule has 0 saturated carbocycles. The third-order valence-electron chi connectivity index (χ3n) is 3.12. The minimum absolute atomic E-state index is 0.106. The Kier molecular flexibility index (Phi) is 4.44. The number of anilines is 1. The number of nitrogens with zero attached hydrogens (tertiary/aromatic N) is 2. The summed E-state index contributed by atoms with van der Waals surface area (Å²) in [7, 11) is 1.63. The minimum Gasteiger partial charge on any atom is -0.325 e. The number of aromatic nitrogens is 2. The van der Waals surface area contributed by atoms with E-state index in [1.54, 1.807) is 13.1 Å². The van der Waals surface area contributed by atoms with Gasteiger partial charge in [-0.15, -0.1) is 11.3 Å². The molecule has 118 valence electrons. The number of fused-ring (bicyclic) bond motifs is 1. The van der Waals surface area contributed by atoms with E-state index in [9.17, 15) is 14.0 Å². The predicted molar refractivity (Wildman–Crippen MR) is 90.6 cm³/mol. The number of halogens is 1. The standard InChI is InChI=1S/C15H12FN3O2S2/c1-19-14(21)11-6-7-22-13(11)18-15(19)23-8-12(20)17-10-4-2-9(16)3-5-10/h2-7H,8H2,1H3,(H,17,20). The molecule has 5 nitrogen and oxygen atoms in total. The maximum absolute atomic E-state index is 12.8. The van der Waals surface area contributed by atoms with Gasteiger partial charge in [-0.2, -0.15) is 0 Å². The first-order valence-electron chi connectivity index (χ1n) is 6.67. The maximum Gasteiger partial charge on any atom is 0.262 e. The van der Waals surface area contributed by atoms with Crippen molar-refractivity contribution in [3.8, 4) is 0 Å². The molecule has 0 saturated heterocycles. The molecule has 0 aliphatic heterocycles. The molecular formula is C15H12FN3O2S2. The topological polar surface area (TPSA) is 64.0 Å². The molecule has 3 rings (SSSR count). The first kappa shape index (κ1) is 15.7. The van der Waals surface area contributed by atoms with Gasteiger partial charge in [0, 0.05) is 12.7 Å². The largest absolute Gasteiger partial charge is 0.325 e. The van der Waals surface area contributed by atoms with Gasteiger partial charge in [-0.05, 0) is 35.7 Å². The SMILES string of the molecule is Cn1c(SCC(=O)Nc2ccc(F)cc2)nc2sccc2c1=O. The summed E-state index contributed by atoms with van der Waals surface area (Å²) in [5, 5.41) is 5.55. The Morgan fingerprint density at radius 3 is 2.83 bits per heavy atom. The van der Waals surface area contributed by atoms with E-state index in [0.29, 0.717) is 21.1 Å². The number of hydrogen-bond donors (Lipinski definition) is 1. The number of thioether (sulfide) groups is 1. The van der Waals surface area contributed by atoms with E-state index in [1.165, 1.54) is 51.9 Å². The van der Waals surface area contributed by atoms with Crippen molar-refractivity contribution >= 4 is 44.9 Å². The quantitative estimate of drug-likeness (QED) is 0.581. The van der Waals surface area contributed by atoms with Crippen LogP contribution < -0.4 is 10.9 Å². The molecule has 0 aliphatic rings. The monoisotopic (exact) mass is 349 g/mol. The Morgan fingerprint density at radius 2 is 2.09 bits per heavy atom. The zero-order chi connectivity index (χ0) is 16.4. The van der Waals surface area contributed by atoms with Crippen molar-refractivity contribution in [2.75, 3.05) is 11.1 Å². The number of carbonyl (C=O) groups excluding carboxylic acids is 1. The van der Waals surface area contributed by atoms with Gasteiger partial charge < -0.3 is 5.32 Å². The highest BCUT2D eigenvalue weighted by Crippen LogP contribution is 2.20. The molecule has 0 fully saturated rings. The fourth-order valence-corrected chi connectivity index (χ4v) is 3.55. The van der Waals surface area contributed by atoms with Gasteiger partial charge in [0.15, 0.2) is 5.16 Å². The highest BCUT2D eigenvalue weighted by Gasteiger charge is 2.11. The van der Waals surface area contributed by atoms with E-state index >= 15 is 0 Å². The Balaban J connectivity index is 1.70. The van der Waals surface area contributed by atoms with Crippen molar-refractivity contribution in [2.24, 2.45) is 7.05 Å². The summed E-state index contributed by atoms with van der Waals surface area (Å²) in [6.45, 7) is 0. The van der Waals surface area contributed by atoms with Crippen LogP contribution in [-0.2, 0) is 11.8 Å². The number of hydrogen-bond acceptors (Lipinski definition) is 5. The van der Waals surface area contributed by atoms with E-state index in [2.05, 4.69) is 10.3 Å². The van der Waals surface area contributed by atoms with Crippen molar-refractivity contribution in [1.82, 2.24) is 9.55 Å². The summed E-state index contributed by atoms with van der Waals surface area (Å²) in [5.74, 6) is -0.503. The molecular weight excluding hydrogens is 337 g/mol. The normalized spacial score (nSPS) is 10.9. The lowest BCUT2D eigenvalue weighted by atomic mass is 10.3. The second kappa shape index (κ2) is 6.51. The first-order chi connectivity index (χ1) is 11.0. The van der Waals surface area contributed by atoms with Crippen LogP contribution in [0, 0.1) is 5.82 Å². The average Bonchev–Trinajstić information content (AvgIpc) is 3.00. The fraction of sp³-hybridized carbons (Fsp3) is 0.133. The number of nitrogens with one attached hydrogen (secondary N) is 1. The van der Waals surface area contributed by atoms with E-state index in [-0.39, 0.29) is 23.0 Å². The van der Waals surface area contributed by atoms with Crippen molar-refractivity contribution in [2.45, 2.75) is 5.16 Å². The fourth-order valence-electron chi connectivity index (χ4n) is 1.97. The lowest BCUT2D eigenvalue weighted by molar-refractivity contribution is -0.113. The Bertz CT molecular complexity index is 919. The van der Waals surface area contributed by atoms with Crippen LogP contribution in [0.1, 0.15) is 0 Å². The van der Waals surface area contributed by atoms with Gasteiger partial charge in [0.05, 0.1) is 11.1 Å².